The minimum Gasteiger partial charge on any atom is -0.479 e. The number of carboxylic acids is 1. The van der Waals surface area contributed by atoms with Crippen LogP contribution in [0.1, 0.15) is 38.5 Å². The zero-order valence-electron chi connectivity index (χ0n) is 8.35. The zero-order chi connectivity index (χ0) is 10.6. The van der Waals surface area contributed by atoms with Crippen molar-refractivity contribution in [3.8, 4) is 0 Å². The van der Waals surface area contributed by atoms with Gasteiger partial charge in [-0.2, -0.15) is 0 Å². The minimum absolute atomic E-state index is 0.507. The lowest BCUT2D eigenvalue weighted by Crippen LogP contribution is -2.41. The lowest BCUT2D eigenvalue weighted by molar-refractivity contribution is -0.147. The summed E-state index contributed by atoms with van der Waals surface area (Å²) in [6, 6.07) is -0.615. The molecule has 14 heavy (non-hydrogen) atoms. The van der Waals surface area contributed by atoms with E-state index in [0.29, 0.717) is 12.3 Å². The van der Waals surface area contributed by atoms with Gasteiger partial charge in [-0.05, 0) is 12.3 Å². The van der Waals surface area contributed by atoms with E-state index in [2.05, 4.69) is 0 Å². The third kappa shape index (κ3) is 3.27. The number of nitrogens with two attached hydrogens (primary N) is 1. The van der Waals surface area contributed by atoms with Crippen molar-refractivity contribution in [3.63, 3.8) is 0 Å². The van der Waals surface area contributed by atoms with Gasteiger partial charge in [-0.3, -0.25) is 0 Å². The normalized spacial score (nSPS) is 23.0. The Balaban J connectivity index is 2.31. The van der Waals surface area contributed by atoms with Crippen LogP contribution in [-0.4, -0.2) is 28.3 Å². The molecule has 0 aromatic rings. The maximum Gasteiger partial charge on any atom is 0.334 e. The van der Waals surface area contributed by atoms with Gasteiger partial charge in [0.2, 0.25) is 0 Å². The first-order chi connectivity index (χ1) is 6.61. The molecular formula is C10H19NO3. The summed E-state index contributed by atoms with van der Waals surface area (Å²) in [7, 11) is 0. The Morgan fingerprint density at radius 3 is 2.43 bits per heavy atom. The Bertz CT molecular complexity index is 190. The Hall–Kier alpha value is -0.610. The van der Waals surface area contributed by atoms with Crippen molar-refractivity contribution in [2.75, 3.05) is 0 Å². The molecule has 0 aromatic heterocycles. The summed E-state index contributed by atoms with van der Waals surface area (Å²) in [5.41, 5.74) is 5.62. The van der Waals surface area contributed by atoms with E-state index in [-0.39, 0.29) is 0 Å². The van der Waals surface area contributed by atoms with Crippen LogP contribution in [0.5, 0.6) is 0 Å². The number of rotatable bonds is 4. The predicted octanol–water partition coefficient (Wildman–Crippen LogP) is 0.730. The second-order valence-electron chi connectivity index (χ2n) is 4.19. The van der Waals surface area contributed by atoms with Crippen molar-refractivity contribution in [2.24, 2.45) is 11.7 Å². The molecule has 1 rings (SSSR count). The summed E-state index contributed by atoms with van der Waals surface area (Å²) in [5, 5.41) is 17.8. The smallest absolute Gasteiger partial charge is 0.334 e. The number of aliphatic hydroxyl groups is 1. The van der Waals surface area contributed by atoms with Gasteiger partial charge in [0.05, 0.1) is 0 Å². The fraction of sp³-hybridized carbons (Fsp3) is 0.900. The standard InChI is InChI=1S/C10H19NO3/c11-8(9(12)10(13)14)6-7-4-2-1-3-5-7/h7-9,12H,1-6,11H2,(H,13,14)/t8-,9+/m0/s1. The molecule has 0 radical (unpaired) electrons. The Morgan fingerprint density at radius 2 is 1.93 bits per heavy atom. The Kier molecular flexibility index (Phi) is 4.35. The maximum atomic E-state index is 10.5. The van der Waals surface area contributed by atoms with Gasteiger partial charge in [-0.15, -0.1) is 0 Å². The molecule has 1 fully saturated rings. The van der Waals surface area contributed by atoms with Crippen molar-refractivity contribution in [2.45, 2.75) is 50.7 Å². The molecule has 2 atom stereocenters. The van der Waals surface area contributed by atoms with Gasteiger partial charge < -0.3 is 15.9 Å². The lowest BCUT2D eigenvalue weighted by atomic mass is 9.84. The number of hydrogen-bond acceptors (Lipinski definition) is 3. The highest BCUT2D eigenvalue weighted by Crippen LogP contribution is 2.27. The van der Waals surface area contributed by atoms with Gasteiger partial charge in [0.1, 0.15) is 0 Å². The van der Waals surface area contributed by atoms with Gasteiger partial charge in [0.15, 0.2) is 6.10 Å². The lowest BCUT2D eigenvalue weighted by Gasteiger charge is -2.25. The van der Waals surface area contributed by atoms with E-state index in [0.717, 1.165) is 12.8 Å². The molecule has 4 heteroatoms. The van der Waals surface area contributed by atoms with E-state index < -0.39 is 18.1 Å². The SMILES string of the molecule is N[C@@H](CC1CCCCC1)[C@@H](O)C(=O)O. The van der Waals surface area contributed by atoms with E-state index in [9.17, 15) is 9.90 Å². The molecule has 1 aliphatic rings. The van der Waals surface area contributed by atoms with E-state index in [1.54, 1.807) is 0 Å². The highest BCUT2D eigenvalue weighted by atomic mass is 16.4. The first-order valence-electron chi connectivity index (χ1n) is 5.27. The molecule has 0 unspecified atom stereocenters. The molecule has 4 N–H and O–H groups in total. The van der Waals surface area contributed by atoms with Gasteiger partial charge in [-0.25, -0.2) is 4.79 Å². The minimum atomic E-state index is -1.41. The summed E-state index contributed by atoms with van der Waals surface area (Å²) in [6.45, 7) is 0. The number of carbonyl (C=O) groups is 1. The molecule has 0 aliphatic heterocycles. The number of aliphatic carboxylic acids is 1. The van der Waals surface area contributed by atoms with E-state index in [1.807, 2.05) is 0 Å². The molecule has 82 valence electrons. The molecular weight excluding hydrogens is 182 g/mol. The highest BCUT2D eigenvalue weighted by molar-refractivity contribution is 5.72. The van der Waals surface area contributed by atoms with Crippen molar-refractivity contribution < 1.29 is 15.0 Å². The summed E-state index contributed by atoms with van der Waals surface area (Å²) >= 11 is 0. The third-order valence-corrected chi connectivity index (χ3v) is 2.99. The Morgan fingerprint density at radius 1 is 1.36 bits per heavy atom. The van der Waals surface area contributed by atoms with Crippen LogP contribution in [0, 0.1) is 5.92 Å². The fourth-order valence-electron chi connectivity index (χ4n) is 2.12. The third-order valence-electron chi connectivity index (χ3n) is 2.99. The van der Waals surface area contributed by atoms with Crippen molar-refractivity contribution in [1.82, 2.24) is 0 Å². The first-order valence-corrected chi connectivity index (χ1v) is 5.27. The fourth-order valence-corrected chi connectivity index (χ4v) is 2.12. The van der Waals surface area contributed by atoms with Gasteiger partial charge in [0, 0.05) is 6.04 Å². The summed E-state index contributed by atoms with van der Waals surface area (Å²) < 4.78 is 0. The summed E-state index contributed by atoms with van der Waals surface area (Å²) in [4.78, 5) is 10.5. The average molecular weight is 201 g/mol. The highest BCUT2D eigenvalue weighted by Gasteiger charge is 2.25. The molecule has 0 aromatic carbocycles. The van der Waals surface area contributed by atoms with Crippen LogP contribution in [0.3, 0.4) is 0 Å². The van der Waals surface area contributed by atoms with E-state index in [1.165, 1.54) is 19.3 Å². The van der Waals surface area contributed by atoms with E-state index >= 15 is 0 Å². The monoisotopic (exact) mass is 201 g/mol. The van der Waals surface area contributed by atoms with Gasteiger partial charge in [-0.1, -0.05) is 32.1 Å². The molecule has 0 spiro atoms. The second kappa shape index (κ2) is 5.32. The van der Waals surface area contributed by atoms with E-state index in [4.69, 9.17) is 10.8 Å². The van der Waals surface area contributed by atoms with Crippen molar-refractivity contribution in [1.29, 1.82) is 0 Å². The average Bonchev–Trinajstić information content (AvgIpc) is 2.18. The molecule has 1 aliphatic carbocycles. The largest absolute Gasteiger partial charge is 0.479 e. The van der Waals surface area contributed by atoms with Crippen molar-refractivity contribution in [3.05, 3.63) is 0 Å². The predicted molar refractivity (Wildman–Crippen MR) is 52.8 cm³/mol. The Labute approximate surface area is 84.1 Å². The first kappa shape index (κ1) is 11.5. The molecule has 0 saturated heterocycles. The number of hydrogen-bond donors (Lipinski definition) is 3. The summed E-state index contributed by atoms with van der Waals surface area (Å²) in [6.07, 6.45) is 5.17. The van der Waals surface area contributed by atoms with Gasteiger partial charge in [0.25, 0.3) is 0 Å². The van der Waals surface area contributed by atoms with Crippen LogP contribution < -0.4 is 5.73 Å². The number of carboxylic acid groups (broad SMARTS) is 1. The number of aliphatic hydroxyl groups excluding tert-OH is 1. The molecule has 0 heterocycles. The molecule has 0 bridgehead atoms. The van der Waals surface area contributed by atoms with Crippen LogP contribution >= 0.6 is 0 Å². The summed E-state index contributed by atoms with van der Waals surface area (Å²) in [5.74, 6) is -0.707. The quantitative estimate of drug-likeness (QED) is 0.626. The van der Waals surface area contributed by atoms with Gasteiger partial charge >= 0.3 is 5.97 Å². The zero-order valence-corrected chi connectivity index (χ0v) is 8.35. The topological polar surface area (TPSA) is 83.5 Å². The van der Waals surface area contributed by atoms with Crippen LogP contribution in [0.4, 0.5) is 0 Å². The maximum absolute atomic E-state index is 10.5. The molecule has 0 amide bonds. The molecule has 1 saturated carbocycles. The van der Waals surface area contributed by atoms with Crippen LogP contribution in [0.25, 0.3) is 0 Å². The second-order valence-corrected chi connectivity index (χ2v) is 4.19. The van der Waals surface area contributed by atoms with Crippen LogP contribution in [-0.2, 0) is 4.79 Å². The van der Waals surface area contributed by atoms with Crippen LogP contribution in [0.2, 0.25) is 0 Å². The van der Waals surface area contributed by atoms with Crippen LogP contribution in [0.15, 0.2) is 0 Å². The van der Waals surface area contributed by atoms with Crippen molar-refractivity contribution >= 4 is 5.97 Å². The molecule has 4 nitrogen and oxygen atoms in total.